The highest BCUT2D eigenvalue weighted by Gasteiger charge is 2.17. The van der Waals surface area contributed by atoms with Crippen LogP contribution >= 0.6 is 11.6 Å². The van der Waals surface area contributed by atoms with Crippen LogP contribution in [-0.4, -0.2) is 41.0 Å². The monoisotopic (exact) mass is 306 g/mol. The van der Waals surface area contributed by atoms with Crippen LogP contribution in [0, 0.1) is 5.82 Å². The topological polar surface area (TPSA) is 32.3 Å². The highest BCUT2D eigenvalue weighted by Crippen LogP contribution is 2.17. The maximum atomic E-state index is 12.9. The first kappa shape index (κ1) is 14.2. The summed E-state index contributed by atoms with van der Waals surface area (Å²) in [7, 11) is 0. The van der Waals surface area contributed by atoms with Gasteiger partial charge in [-0.1, -0.05) is 11.6 Å². The molecule has 0 spiro atoms. The van der Waals surface area contributed by atoms with E-state index in [4.69, 9.17) is 11.6 Å². The molecule has 2 aromatic rings. The number of aromatic nitrogens is 2. The summed E-state index contributed by atoms with van der Waals surface area (Å²) in [5.74, 6) is -0.196. The molecule has 1 aromatic heterocycles. The molecule has 3 rings (SSSR count). The summed E-state index contributed by atoms with van der Waals surface area (Å²) < 4.78 is 12.9. The van der Waals surface area contributed by atoms with Gasteiger partial charge in [0.2, 0.25) is 0 Å². The van der Waals surface area contributed by atoms with Gasteiger partial charge in [-0.05, 0) is 24.3 Å². The smallest absolute Gasteiger partial charge is 0.147 e. The first-order valence-electron chi connectivity index (χ1n) is 6.90. The molecular formula is C15H16ClFN4. The third kappa shape index (κ3) is 3.68. The Bertz CT molecular complexity index is 580. The normalized spacial score (nSPS) is 16.2. The van der Waals surface area contributed by atoms with Crippen LogP contribution in [0.4, 0.5) is 10.1 Å². The zero-order valence-corrected chi connectivity index (χ0v) is 12.3. The molecule has 0 radical (unpaired) electrons. The fraction of sp³-hybridized carbons (Fsp3) is 0.333. The number of anilines is 1. The fourth-order valence-electron chi connectivity index (χ4n) is 2.47. The zero-order valence-electron chi connectivity index (χ0n) is 11.5. The number of piperazine rings is 1. The van der Waals surface area contributed by atoms with Crippen molar-refractivity contribution in [2.45, 2.75) is 6.54 Å². The molecule has 1 aromatic carbocycles. The average Bonchev–Trinajstić information content (AvgIpc) is 2.51. The second kappa shape index (κ2) is 6.37. The van der Waals surface area contributed by atoms with E-state index >= 15 is 0 Å². The van der Waals surface area contributed by atoms with E-state index in [2.05, 4.69) is 19.8 Å². The molecule has 0 unspecified atom stereocenters. The lowest BCUT2D eigenvalue weighted by Gasteiger charge is -2.35. The molecule has 110 valence electrons. The van der Waals surface area contributed by atoms with Gasteiger partial charge in [0, 0.05) is 38.4 Å². The van der Waals surface area contributed by atoms with Gasteiger partial charge in [0.1, 0.15) is 11.0 Å². The minimum Gasteiger partial charge on any atom is -0.369 e. The second-order valence-electron chi connectivity index (χ2n) is 5.07. The van der Waals surface area contributed by atoms with Gasteiger partial charge in [-0.25, -0.2) is 9.37 Å². The molecule has 0 atom stereocenters. The van der Waals surface area contributed by atoms with Gasteiger partial charge in [-0.15, -0.1) is 0 Å². The standard InChI is InChI=1S/C15H16ClFN4/c16-15-10-18-13(9-19-15)11-20-5-7-21(8-6-20)14-3-1-12(17)2-4-14/h1-4,9-10H,5-8,11H2. The van der Waals surface area contributed by atoms with Crippen LogP contribution in [0.5, 0.6) is 0 Å². The molecule has 0 bridgehead atoms. The van der Waals surface area contributed by atoms with Crippen LogP contribution in [0.3, 0.4) is 0 Å². The minimum atomic E-state index is -0.196. The first-order valence-corrected chi connectivity index (χ1v) is 7.28. The Morgan fingerprint density at radius 2 is 1.71 bits per heavy atom. The summed E-state index contributed by atoms with van der Waals surface area (Å²) in [5, 5.41) is 0.417. The van der Waals surface area contributed by atoms with Crippen molar-refractivity contribution in [3.8, 4) is 0 Å². The number of hydrogen-bond acceptors (Lipinski definition) is 4. The van der Waals surface area contributed by atoms with Crippen LogP contribution in [0.25, 0.3) is 0 Å². The van der Waals surface area contributed by atoms with Gasteiger partial charge in [0.25, 0.3) is 0 Å². The Hall–Kier alpha value is -1.72. The quantitative estimate of drug-likeness (QED) is 0.872. The van der Waals surface area contributed by atoms with Crippen molar-refractivity contribution < 1.29 is 4.39 Å². The van der Waals surface area contributed by atoms with Crippen LogP contribution in [0.15, 0.2) is 36.7 Å². The van der Waals surface area contributed by atoms with Crippen LogP contribution in [-0.2, 0) is 6.54 Å². The van der Waals surface area contributed by atoms with Crippen molar-refractivity contribution in [1.82, 2.24) is 14.9 Å². The van der Waals surface area contributed by atoms with Crippen molar-refractivity contribution in [2.75, 3.05) is 31.1 Å². The molecule has 0 aliphatic carbocycles. The van der Waals surface area contributed by atoms with Gasteiger partial charge >= 0.3 is 0 Å². The number of benzene rings is 1. The molecule has 1 aliphatic rings. The van der Waals surface area contributed by atoms with E-state index in [1.807, 2.05) is 12.1 Å². The van der Waals surface area contributed by atoms with Crippen molar-refractivity contribution in [2.24, 2.45) is 0 Å². The molecule has 4 nitrogen and oxygen atoms in total. The van der Waals surface area contributed by atoms with Crippen LogP contribution in [0.1, 0.15) is 5.69 Å². The highest BCUT2D eigenvalue weighted by molar-refractivity contribution is 6.29. The molecule has 1 saturated heterocycles. The number of halogens is 2. The lowest BCUT2D eigenvalue weighted by Crippen LogP contribution is -2.46. The molecule has 1 aliphatic heterocycles. The summed E-state index contributed by atoms with van der Waals surface area (Å²) in [6, 6.07) is 6.67. The predicted molar refractivity (Wildman–Crippen MR) is 80.9 cm³/mol. The molecule has 6 heteroatoms. The Balaban J connectivity index is 1.55. The van der Waals surface area contributed by atoms with Crippen LogP contribution in [0.2, 0.25) is 5.15 Å². The Labute approximate surface area is 128 Å². The molecule has 2 heterocycles. The maximum Gasteiger partial charge on any atom is 0.147 e. The van der Waals surface area contributed by atoms with Gasteiger partial charge in [-0.3, -0.25) is 9.88 Å². The maximum absolute atomic E-state index is 12.9. The summed E-state index contributed by atoms with van der Waals surface area (Å²) >= 11 is 5.73. The molecule has 0 saturated carbocycles. The largest absolute Gasteiger partial charge is 0.369 e. The van der Waals surface area contributed by atoms with Gasteiger partial charge in [0.05, 0.1) is 18.1 Å². The number of hydrogen-bond donors (Lipinski definition) is 0. The zero-order chi connectivity index (χ0) is 14.7. The lowest BCUT2D eigenvalue weighted by molar-refractivity contribution is 0.247. The van der Waals surface area contributed by atoms with E-state index in [0.717, 1.165) is 44.1 Å². The van der Waals surface area contributed by atoms with Gasteiger partial charge < -0.3 is 4.90 Å². The lowest BCUT2D eigenvalue weighted by atomic mass is 10.2. The summed E-state index contributed by atoms with van der Waals surface area (Å²) in [5.41, 5.74) is 2.00. The van der Waals surface area contributed by atoms with Crippen molar-refractivity contribution in [3.05, 3.63) is 53.3 Å². The van der Waals surface area contributed by atoms with Gasteiger partial charge in [0.15, 0.2) is 0 Å². The number of rotatable bonds is 3. The third-order valence-electron chi connectivity index (χ3n) is 3.62. The summed E-state index contributed by atoms with van der Waals surface area (Å²) in [6.07, 6.45) is 3.29. The number of nitrogens with zero attached hydrogens (tertiary/aromatic N) is 4. The highest BCUT2D eigenvalue weighted by atomic mass is 35.5. The van der Waals surface area contributed by atoms with E-state index in [-0.39, 0.29) is 5.82 Å². The van der Waals surface area contributed by atoms with Crippen molar-refractivity contribution in [1.29, 1.82) is 0 Å². The second-order valence-corrected chi connectivity index (χ2v) is 5.46. The molecule has 0 amide bonds. The van der Waals surface area contributed by atoms with E-state index < -0.39 is 0 Å². The van der Waals surface area contributed by atoms with Gasteiger partial charge in [-0.2, -0.15) is 0 Å². The van der Waals surface area contributed by atoms with E-state index in [0.29, 0.717) is 5.15 Å². The fourth-order valence-corrected chi connectivity index (χ4v) is 2.56. The average molecular weight is 307 g/mol. The Kier molecular flexibility index (Phi) is 4.31. The van der Waals surface area contributed by atoms with E-state index in [9.17, 15) is 4.39 Å². The predicted octanol–water partition coefficient (Wildman–Crippen LogP) is 2.59. The first-order chi connectivity index (χ1) is 10.2. The van der Waals surface area contributed by atoms with Crippen LogP contribution < -0.4 is 4.90 Å². The molecule has 21 heavy (non-hydrogen) atoms. The Morgan fingerprint density at radius 1 is 1.00 bits per heavy atom. The SMILES string of the molecule is Fc1ccc(N2CCN(Cc3cnc(Cl)cn3)CC2)cc1. The molecule has 1 fully saturated rings. The summed E-state index contributed by atoms with van der Waals surface area (Å²) in [6.45, 7) is 4.52. The molecular weight excluding hydrogens is 291 g/mol. The third-order valence-corrected chi connectivity index (χ3v) is 3.82. The summed E-state index contributed by atoms with van der Waals surface area (Å²) in [4.78, 5) is 12.9. The van der Waals surface area contributed by atoms with Crippen molar-refractivity contribution in [3.63, 3.8) is 0 Å². The van der Waals surface area contributed by atoms with E-state index in [1.54, 1.807) is 12.4 Å². The van der Waals surface area contributed by atoms with E-state index in [1.165, 1.54) is 12.1 Å². The molecule has 0 N–H and O–H groups in total. The van der Waals surface area contributed by atoms with Crippen molar-refractivity contribution >= 4 is 17.3 Å². The minimum absolute atomic E-state index is 0.196. The Morgan fingerprint density at radius 3 is 2.33 bits per heavy atom.